The summed E-state index contributed by atoms with van der Waals surface area (Å²) in [5.41, 5.74) is 7.06. The molecule has 0 aromatic carbocycles. The van der Waals surface area contributed by atoms with Crippen LogP contribution in [0.4, 0.5) is 11.5 Å². The molecule has 1 amide bonds. The Morgan fingerprint density at radius 3 is 2.82 bits per heavy atom. The summed E-state index contributed by atoms with van der Waals surface area (Å²) in [5.74, 6) is 0.688. The van der Waals surface area contributed by atoms with Gasteiger partial charge in [0.15, 0.2) is 5.82 Å². The number of pyridine rings is 1. The Morgan fingerprint density at radius 2 is 2.18 bits per heavy atom. The lowest BCUT2D eigenvalue weighted by Gasteiger charge is -2.05. The SMILES string of the molecule is Cc1cc(NC(=O)c2cc(N)cnc2C)no1. The molecule has 88 valence electrons. The molecular weight excluding hydrogens is 220 g/mol. The maximum atomic E-state index is 11.9. The van der Waals surface area contributed by atoms with Crippen LogP contribution >= 0.6 is 0 Å². The molecule has 0 atom stereocenters. The van der Waals surface area contributed by atoms with E-state index in [-0.39, 0.29) is 5.91 Å². The topological polar surface area (TPSA) is 94.0 Å². The van der Waals surface area contributed by atoms with Crippen LogP contribution in [-0.4, -0.2) is 16.0 Å². The lowest BCUT2D eigenvalue weighted by Crippen LogP contribution is -2.14. The zero-order chi connectivity index (χ0) is 12.4. The van der Waals surface area contributed by atoms with Crippen LogP contribution in [0.15, 0.2) is 22.9 Å². The Labute approximate surface area is 97.8 Å². The van der Waals surface area contributed by atoms with Crippen LogP contribution < -0.4 is 11.1 Å². The monoisotopic (exact) mass is 232 g/mol. The maximum absolute atomic E-state index is 11.9. The van der Waals surface area contributed by atoms with Crippen LogP contribution in [0, 0.1) is 13.8 Å². The summed E-state index contributed by atoms with van der Waals surface area (Å²) in [5, 5.41) is 6.28. The predicted molar refractivity (Wildman–Crippen MR) is 62.6 cm³/mol. The fourth-order valence-corrected chi connectivity index (χ4v) is 1.39. The molecule has 0 aliphatic carbocycles. The Morgan fingerprint density at radius 1 is 1.41 bits per heavy atom. The van der Waals surface area contributed by atoms with Gasteiger partial charge in [-0.3, -0.25) is 9.78 Å². The van der Waals surface area contributed by atoms with E-state index in [1.165, 1.54) is 6.20 Å². The minimum Gasteiger partial charge on any atom is -0.397 e. The van der Waals surface area contributed by atoms with Gasteiger partial charge in [-0.25, -0.2) is 0 Å². The van der Waals surface area contributed by atoms with Crippen molar-refractivity contribution in [3.8, 4) is 0 Å². The molecule has 0 radical (unpaired) electrons. The second-order valence-corrected chi connectivity index (χ2v) is 3.68. The van der Waals surface area contributed by atoms with Gasteiger partial charge in [0.25, 0.3) is 5.91 Å². The van der Waals surface area contributed by atoms with Crippen molar-refractivity contribution < 1.29 is 9.32 Å². The van der Waals surface area contributed by atoms with Gasteiger partial charge in [0.1, 0.15) is 5.76 Å². The van der Waals surface area contributed by atoms with E-state index in [2.05, 4.69) is 15.5 Å². The van der Waals surface area contributed by atoms with Gasteiger partial charge in [0, 0.05) is 6.07 Å². The number of nitrogen functional groups attached to an aromatic ring is 1. The summed E-state index contributed by atoms with van der Waals surface area (Å²) in [7, 11) is 0. The van der Waals surface area contributed by atoms with Gasteiger partial charge in [-0.05, 0) is 19.9 Å². The molecule has 0 aliphatic heterocycles. The van der Waals surface area contributed by atoms with Crippen LogP contribution in [0.1, 0.15) is 21.8 Å². The summed E-state index contributed by atoms with van der Waals surface area (Å²) in [6, 6.07) is 3.21. The van der Waals surface area contributed by atoms with Crippen molar-refractivity contribution in [2.75, 3.05) is 11.1 Å². The summed E-state index contributed by atoms with van der Waals surface area (Å²) in [4.78, 5) is 15.9. The molecule has 0 saturated heterocycles. The fourth-order valence-electron chi connectivity index (χ4n) is 1.39. The van der Waals surface area contributed by atoms with E-state index < -0.39 is 0 Å². The van der Waals surface area contributed by atoms with Gasteiger partial charge < -0.3 is 15.6 Å². The average molecular weight is 232 g/mol. The number of aryl methyl sites for hydroxylation is 2. The van der Waals surface area contributed by atoms with E-state index in [1.807, 2.05) is 0 Å². The Hall–Kier alpha value is -2.37. The van der Waals surface area contributed by atoms with Crippen molar-refractivity contribution in [1.82, 2.24) is 10.1 Å². The first-order valence-electron chi connectivity index (χ1n) is 5.03. The number of hydrogen-bond acceptors (Lipinski definition) is 5. The highest BCUT2D eigenvalue weighted by molar-refractivity contribution is 6.04. The van der Waals surface area contributed by atoms with E-state index in [1.54, 1.807) is 26.0 Å². The third kappa shape index (κ3) is 2.41. The molecule has 2 heterocycles. The molecule has 0 spiro atoms. The predicted octanol–water partition coefficient (Wildman–Crippen LogP) is 1.52. The van der Waals surface area contributed by atoms with Gasteiger partial charge in [-0.1, -0.05) is 5.16 Å². The average Bonchev–Trinajstić information content (AvgIpc) is 2.67. The molecule has 2 aromatic heterocycles. The molecule has 17 heavy (non-hydrogen) atoms. The number of anilines is 2. The lowest BCUT2D eigenvalue weighted by molar-refractivity contribution is 0.102. The summed E-state index contributed by atoms with van der Waals surface area (Å²) >= 11 is 0. The molecule has 3 N–H and O–H groups in total. The molecule has 0 bridgehead atoms. The molecule has 0 unspecified atom stereocenters. The van der Waals surface area contributed by atoms with E-state index in [0.717, 1.165) is 0 Å². The Bertz CT molecular complexity index is 562. The number of aromatic nitrogens is 2. The molecule has 2 aromatic rings. The number of rotatable bonds is 2. The van der Waals surface area contributed by atoms with Crippen LogP contribution in [0.25, 0.3) is 0 Å². The van der Waals surface area contributed by atoms with E-state index >= 15 is 0 Å². The third-order valence-electron chi connectivity index (χ3n) is 2.22. The number of nitrogens with two attached hydrogens (primary N) is 1. The van der Waals surface area contributed by atoms with Crippen LogP contribution in [0.5, 0.6) is 0 Å². The first kappa shape index (κ1) is 11.1. The van der Waals surface area contributed by atoms with Gasteiger partial charge in [-0.2, -0.15) is 0 Å². The Kier molecular flexibility index (Phi) is 2.78. The second-order valence-electron chi connectivity index (χ2n) is 3.68. The van der Waals surface area contributed by atoms with Gasteiger partial charge in [-0.15, -0.1) is 0 Å². The number of hydrogen-bond donors (Lipinski definition) is 2. The highest BCUT2D eigenvalue weighted by Crippen LogP contribution is 2.13. The third-order valence-corrected chi connectivity index (χ3v) is 2.22. The maximum Gasteiger partial charge on any atom is 0.258 e. The number of carbonyl (C=O) groups is 1. The summed E-state index contributed by atoms with van der Waals surface area (Å²) in [6.07, 6.45) is 1.51. The highest BCUT2D eigenvalue weighted by atomic mass is 16.5. The van der Waals surface area contributed by atoms with E-state index in [4.69, 9.17) is 10.3 Å². The zero-order valence-electron chi connectivity index (χ0n) is 9.52. The van der Waals surface area contributed by atoms with Crippen molar-refractivity contribution in [2.24, 2.45) is 0 Å². The van der Waals surface area contributed by atoms with Crippen molar-refractivity contribution in [1.29, 1.82) is 0 Å². The largest absolute Gasteiger partial charge is 0.397 e. The molecule has 0 aliphatic rings. The van der Waals surface area contributed by atoms with Crippen LogP contribution in [0.3, 0.4) is 0 Å². The van der Waals surface area contributed by atoms with Crippen molar-refractivity contribution in [3.63, 3.8) is 0 Å². The molecule has 0 fully saturated rings. The first-order valence-corrected chi connectivity index (χ1v) is 5.03. The van der Waals surface area contributed by atoms with Gasteiger partial charge in [0.05, 0.1) is 23.1 Å². The fraction of sp³-hybridized carbons (Fsp3) is 0.182. The first-order chi connectivity index (χ1) is 8.06. The van der Waals surface area contributed by atoms with Crippen LogP contribution in [0.2, 0.25) is 0 Å². The van der Waals surface area contributed by atoms with E-state index in [0.29, 0.717) is 28.5 Å². The molecule has 0 saturated carbocycles. The molecule has 2 rings (SSSR count). The van der Waals surface area contributed by atoms with Gasteiger partial charge in [0.2, 0.25) is 0 Å². The van der Waals surface area contributed by atoms with Crippen molar-refractivity contribution >= 4 is 17.4 Å². The Balaban J connectivity index is 2.22. The smallest absolute Gasteiger partial charge is 0.258 e. The number of amides is 1. The standard InChI is InChI=1S/C11H12N4O2/c1-6-3-10(15-17-6)14-11(16)9-4-8(12)5-13-7(9)2/h3-5H,12H2,1-2H3,(H,14,15,16). The van der Waals surface area contributed by atoms with Crippen LogP contribution in [-0.2, 0) is 0 Å². The number of carbonyl (C=O) groups excluding carboxylic acids is 1. The minimum absolute atomic E-state index is 0.310. The normalized spacial score (nSPS) is 10.2. The highest BCUT2D eigenvalue weighted by Gasteiger charge is 2.12. The number of nitrogens with zero attached hydrogens (tertiary/aromatic N) is 2. The van der Waals surface area contributed by atoms with Crippen molar-refractivity contribution in [3.05, 3.63) is 35.3 Å². The van der Waals surface area contributed by atoms with E-state index in [9.17, 15) is 4.79 Å². The molecule has 6 heteroatoms. The second kappa shape index (κ2) is 4.25. The zero-order valence-corrected chi connectivity index (χ0v) is 9.52. The lowest BCUT2D eigenvalue weighted by atomic mass is 10.2. The van der Waals surface area contributed by atoms with Crippen molar-refractivity contribution in [2.45, 2.75) is 13.8 Å². The number of nitrogens with one attached hydrogen (secondary N) is 1. The summed E-state index contributed by atoms with van der Waals surface area (Å²) < 4.78 is 4.85. The molecular formula is C11H12N4O2. The van der Waals surface area contributed by atoms with Gasteiger partial charge >= 0.3 is 0 Å². The summed E-state index contributed by atoms with van der Waals surface area (Å²) in [6.45, 7) is 3.48. The minimum atomic E-state index is -0.310. The molecule has 6 nitrogen and oxygen atoms in total. The quantitative estimate of drug-likeness (QED) is 0.818.